The van der Waals surface area contributed by atoms with E-state index in [0.717, 1.165) is 5.57 Å². The van der Waals surface area contributed by atoms with Crippen LogP contribution in [0.15, 0.2) is 182 Å². The van der Waals surface area contributed by atoms with E-state index < -0.39 is 8.07 Å². The molecule has 1 heterocycles. The van der Waals surface area contributed by atoms with Crippen LogP contribution in [0.25, 0.3) is 93.2 Å². The lowest BCUT2D eigenvalue weighted by Crippen LogP contribution is -2.49. The van der Waals surface area contributed by atoms with Crippen molar-refractivity contribution < 1.29 is 0 Å². The summed E-state index contributed by atoms with van der Waals surface area (Å²) in [5, 5.41) is 12.9. The lowest BCUT2D eigenvalue weighted by atomic mass is 9.83. The van der Waals surface area contributed by atoms with Gasteiger partial charge in [0.05, 0.1) is 0 Å². The van der Waals surface area contributed by atoms with Crippen LogP contribution in [0.3, 0.4) is 0 Å². The highest BCUT2D eigenvalue weighted by Gasteiger charge is 2.38. The van der Waals surface area contributed by atoms with Crippen LogP contribution in [0.2, 0.25) is 13.1 Å². The Kier molecular flexibility index (Phi) is 8.00. The maximum atomic E-state index is 5.88. The van der Waals surface area contributed by atoms with Crippen molar-refractivity contribution in [3.63, 3.8) is 0 Å². The van der Waals surface area contributed by atoms with E-state index in [1.54, 1.807) is 0 Å². The van der Waals surface area contributed by atoms with Crippen molar-refractivity contribution in [3.05, 3.63) is 188 Å². The lowest BCUT2D eigenvalue weighted by molar-refractivity contribution is 1.63. The quantitative estimate of drug-likeness (QED) is 0.0716. The molecule has 0 aromatic heterocycles. The molecule has 0 atom stereocenters. The second kappa shape index (κ2) is 13.2. The molecule has 0 bridgehead atoms. The molecule has 0 aliphatic carbocycles. The molecule has 1 heteroatoms. The molecule has 0 saturated heterocycles. The first kappa shape index (κ1) is 33.8. The lowest BCUT2D eigenvalue weighted by Gasteiger charge is -2.23. The number of hydrogen-bond donors (Lipinski definition) is 0. The van der Waals surface area contributed by atoms with Crippen LogP contribution >= 0.6 is 0 Å². The van der Waals surface area contributed by atoms with E-state index in [1.165, 1.54) is 104 Å². The summed E-state index contributed by atoms with van der Waals surface area (Å²) in [6.07, 6.45) is 12.0. The average molecular weight is 729 g/mol. The van der Waals surface area contributed by atoms with Crippen LogP contribution in [0.1, 0.15) is 12.5 Å². The van der Waals surface area contributed by atoms with Gasteiger partial charge >= 0.3 is 0 Å². The summed E-state index contributed by atoms with van der Waals surface area (Å²) < 4.78 is 0. The number of terminal acetylenes is 1. The van der Waals surface area contributed by atoms with Crippen molar-refractivity contribution in [2.45, 2.75) is 20.0 Å². The minimum absolute atomic E-state index is 1.13. The van der Waals surface area contributed by atoms with E-state index in [1.807, 2.05) is 6.08 Å². The Morgan fingerprint density at radius 2 is 1.16 bits per heavy atom. The van der Waals surface area contributed by atoms with Gasteiger partial charge in [0.2, 0.25) is 0 Å². The second-order valence-electron chi connectivity index (χ2n) is 15.5. The highest BCUT2D eigenvalue weighted by Crippen LogP contribution is 2.46. The third-order valence-corrected chi connectivity index (χ3v) is 15.7. The van der Waals surface area contributed by atoms with E-state index in [2.05, 4.69) is 202 Å². The number of fused-ring (bicyclic) bond motifs is 7. The maximum absolute atomic E-state index is 5.88. The molecule has 0 radical (unpaired) electrons. The van der Waals surface area contributed by atoms with Gasteiger partial charge in [0.25, 0.3) is 0 Å². The fourth-order valence-electron chi connectivity index (χ4n) is 9.36. The third-order valence-electron chi connectivity index (χ3n) is 12.1. The van der Waals surface area contributed by atoms with Gasteiger partial charge in [-0.2, -0.15) is 0 Å². The van der Waals surface area contributed by atoms with E-state index in [-0.39, 0.29) is 0 Å². The minimum Gasteiger partial charge on any atom is -0.115 e. The molecule has 10 rings (SSSR count). The highest BCUT2D eigenvalue weighted by molar-refractivity contribution is 7.04. The van der Waals surface area contributed by atoms with Gasteiger partial charge in [0.1, 0.15) is 8.07 Å². The van der Waals surface area contributed by atoms with Crippen molar-refractivity contribution >= 4 is 67.1 Å². The van der Waals surface area contributed by atoms with Crippen molar-refractivity contribution in [1.82, 2.24) is 0 Å². The first-order valence-electron chi connectivity index (χ1n) is 19.5. The van der Waals surface area contributed by atoms with E-state index in [4.69, 9.17) is 6.42 Å². The number of benzene rings is 9. The van der Waals surface area contributed by atoms with Crippen LogP contribution in [0.5, 0.6) is 0 Å². The molecule has 1 aliphatic rings. The maximum Gasteiger partial charge on any atom is 0.113 e. The Bertz CT molecular complexity index is 3160. The molecule has 9 aromatic rings. The zero-order chi connectivity index (χ0) is 38.0. The van der Waals surface area contributed by atoms with Gasteiger partial charge in [0.15, 0.2) is 0 Å². The molecule has 0 fully saturated rings. The summed E-state index contributed by atoms with van der Waals surface area (Å²) in [5.74, 6) is 2.78. The SMILES string of the molecule is C#CC=CC(=CC)c1c2cc(-c3cccc4ccccc34)ccc2c(-c2ccc3cc(-c4ccccc4)ccc3c2)c2cc3c(cc12)[Si](C)(C)c1ccccc1-3. The third kappa shape index (κ3) is 5.30. The predicted molar refractivity (Wildman–Crippen MR) is 247 cm³/mol. The second-order valence-corrected chi connectivity index (χ2v) is 19.9. The zero-order valence-electron chi connectivity index (χ0n) is 31.9. The molecule has 0 amide bonds. The normalized spacial score (nSPS) is 13.4. The predicted octanol–water partition coefficient (Wildman–Crippen LogP) is 13.7. The molecule has 56 heavy (non-hydrogen) atoms. The fourth-order valence-corrected chi connectivity index (χ4v) is 12.4. The van der Waals surface area contributed by atoms with Gasteiger partial charge in [-0.05, 0) is 152 Å². The molecule has 1 aliphatic heterocycles. The average Bonchev–Trinajstić information content (AvgIpc) is 3.47. The summed E-state index contributed by atoms with van der Waals surface area (Å²) in [6.45, 7) is 7.14. The monoisotopic (exact) mass is 728 g/mol. The van der Waals surface area contributed by atoms with Crippen LogP contribution in [-0.4, -0.2) is 8.07 Å². The molecular formula is C55H40Si. The Balaban J connectivity index is 1.33. The van der Waals surface area contributed by atoms with Gasteiger partial charge < -0.3 is 0 Å². The van der Waals surface area contributed by atoms with Gasteiger partial charge in [-0.25, -0.2) is 0 Å². The van der Waals surface area contributed by atoms with Crippen LogP contribution in [-0.2, 0) is 0 Å². The topological polar surface area (TPSA) is 0 Å². The first-order chi connectivity index (χ1) is 27.4. The van der Waals surface area contributed by atoms with Crippen LogP contribution in [0, 0.1) is 12.3 Å². The van der Waals surface area contributed by atoms with Crippen LogP contribution in [0.4, 0.5) is 0 Å². The van der Waals surface area contributed by atoms with Crippen molar-refractivity contribution in [1.29, 1.82) is 0 Å². The minimum atomic E-state index is -1.99. The Morgan fingerprint density at radius 1 is 0.482 bits per heavy atom. The molecule has 0 spiro atoms. The van der Waals surface area contributed by atoms with Crippen LogP contribution < -0.4 is 10.4 Å². The van der Waals surface area contributed by atoms with Gasteiger partial charge in [-0.3, -0.25) is 0 Å². The van der Waals surface area contributed by atoms with Crippen molar-refractivity contribution in [3.8, 4) is 56.9 Å². The molecule has 264 valence electrons. The summed E-state index contributed by atoms with van der Waals surface area (Å²) in [5.41, 5.74) is 12.5. The molecular weight excluding hydrogens is 689 g/mol. The van der Waals surface area contributed by atoms with E-state index in [0.29, 0.717) is 0 Å². The molecule has 0 N–H and O–H groups in total. The highest BCUT2D eigenvalue weighted by atomic mass is 28.3. The summed E-state index contributed by atoms with van der Waals surface area (Å²) >= 11 is 0. The van der Waals surface area contributed by atoms with Gasteiger partial charge in [-0.1, -0.05) is 165 Å². The Labute approximate surface area is 330 Å². The zero-order valence-corrected chi connectivity index (χ0v) is 32.9. The molecule has 0 saturated carbocycles. The summed E-state index contributed by atoms with van der Waals surface area (Å²) in [6, 6.07) is 61.1. The first-order valence-corrected chi connectivity index (χ1v) is 22.5. The molecule has 0 unspecified atom stereocenters. The number of hydrogen-bond acceptors (Lipinski definition) is 0. The van der Waals surface area contributed by atoms with Gasteiger partial charge in [0, 0.05) is 0 Å². The molecule has 0 nitrogen and oxygen atoms in total. The van der Waals surface area contributed by atoms with Gasteiger partial charge in [-0.15, -0.1) is 6.42 Å². The number of rotatable bonds is 5. The number of allylic oxidation sites excluding steroid dienone is 4. The Hall–Kier alpha value is -6.72. The fraction of sp³-hybridized carbons (Fsp3) is 0.0545. The standard InChI is InChI=1S/C55H40Si/c1-5-7-16-36(6-2)54-49-33-42(45-23-15-20-38-19-11-12-21-44(38)45)29-30-47(49)55(43-28-27-40-31-39(25-26-41(40)32-43)37-17-9-8-10-18-37)50-34-48-46-22-13-14-24-52(46)56(3,4)53(48)35-51(50)54/h1,6-35H,2-4H3. The van der Waals surface area contributed by atoms with E-state index >= 15 is 0 Å². The Morgan fingerprint density at radius 3 is 1.98 bits per heavy atom. The molecule has 9 aromatic carbocycles. The smallest absolute Gasteiger partial charge is 0.113 e. The van der Waals surface area contributed by atoms with E-state index in [9.17, 15) is 0 Å². The largest absolute Gasteiger partial charge is 0.115 e. The van der Waals surface area contributed by atoms with Crippen molar-refractivity contribution in [2.24, 2.45) is 0 Å². The van der Waals surface area contributed by atoms with Crippen molar-refractivity contribution in [2.75, 3.05) is 0 Å². The summed E-state index contributed by atoms with van der Waals surface area (Å²) in [4.78, 5) is 0. The summed E-state index contributed by atoms with van der Waals surface area (Å²) in [7, 11) is -1.99.